The first kappa shape index (κ1) is 25.3. The van der Waals surface area contributed by atoms with Crippen LogP contribution < -0.4 is 16.0 Å². The topological polar surface area (TPSA) is 85.8 Å². The van der Waals surface area contributed by atoms with Crippen molar-refractivity contribution in [1.82, 2.24) is 16.0 Å². The van der Waals surface area contributed by atoms with Crippen LogP contribution in [-0.4, -0.2) is 48.8 Å². The van der Waals surface area contributed by atoms with Crippen LogP contribution in [0.2, 0.25) is 0 Å². The van der Waals surface area contributed by atoms with Crippen molar-refractivity contribution in [3.05, 3.63) is 29.8 Å². The number of guanidine groups is 1. The predicted octanol–water partition coefficient (Wildman–Crippen LogP) is 3.42. The summed E-state index contributed by atoms with van der Waals surface area (Å²) < 4.78 is 38.3. The van der Waals surface area contributed by atoms with Gasteiger partial charge in [-0.1, -0.05) is 0 Å². The van der Waals surface area contributed by atoms with E-state index >= 15 is 0 Å². The van der Waals surface area contributed by atoms with Gasteiger partial charge in [-0.05, 0) is 56.9 Å². The minimum atomic E-state index is -4.11. The Morgan fingerprint density at radius 2 is 1.76 bits per heavy atom. The minimum Gasteiger partial charge on any atom is -0.508 e. The number of alkyl halides is 3. The van der Waals surface area contributed by atoms with Gasteiger partial charge in [0.1, 0.15) is 5.75 Å². The molecule has 1 amide bonds. The molecule has 1 aromatic carbocycles. The van der Waals surface area contributed by atoms with E-state index in [0.29, 0.717) is 44.0 Å². The highest BCUT2D eigenvalue weighted by molar-refractivity contribution is 14.0. The highest BCUT2D eigenvalue weighted by atomic mass is 127. The summed E-state index contributed by atoms with van der Waals surface area (Å²) in [4.78, 5) is 16.4. The summed E-state index contributed by atoms with van der Waals surface area (Å²) >= 11 is 0. The molecule has 0 spiro atoms. The van der Waals surface area contributed by atoms with Gasteiger partial charge in [-0.2, -0.15) is 13.2 Å². The van der Waals surface area contributed by atoms with E-state index in [2.05, 4.69) is 20.9 Å². The first-order valence-corrected chi connectivity index (χ1v) is 9.48. The highest BCUT2D eigenvalue weighted by Crippen LogP contribution is 2.37. The molecule has 0 aromatic heterocycles. The molecule has 1 aliphatic carbocycles. The van der Waals surface area contributed by atoms with Crippen molar-refractivity contribution in [3.63, 3.8) is 0 Å². The van der Waals surface area contributed by atoms with E-state index in [0.717, 1.165) is 0 Å². The number of halogens is 4. The van der Waals surface area contributed by atoms with Gasteiger partial charge in [0.25, 0.3) is 5.91 Å². The number of amides is 1. The van der Waals surface area contributed by atoms with Crippen LogP contribution in [0.5, 0.6) is 5.75 Å². The van der Waals surface area contributed by atoms with Crippen molar-refractivity contribution in [3.8, 4) is 5.75 Å². The lowest BCUT2D eigenvalue weighted by molar-refractivity contribution is -0.182. The molecule has 2 rings (SSSR count). The molecule has 1 saturated carbocycles. The molecule has 164 valence electrons. The smallest absolute Gasteiger partial charge is 0.391 e. The van der Waals surface area contributed by atoms with Crippen molar-refractivity contribution < 1.29 is 23.1 Å². The number of nitrogens with zero attached hydrogens (tertiary/aromatic N) is 1. The lowest BCUT2D eigenvalue weighted by Crippen LogP contribution is -2.46. The lowest BCUT2D eigenvalue weighted by atomic mass is 9.85. The number of carbonyl (C=O) groups excluding carboxylic acids is 1. The van der Waals surface area contributed by atoms with Crippen LogP contribution in [0.4, 0.5) is 13.2 Å². The fourth-order valence-corrected chi connectivity index (χ4v) is 3.13. The molecule has 0 saturated heterocycles. The molecule has 1 fully saturated rings. The van der Waals surface area contributed by atoms with Crippen molar-refractivity contribution >= 4 is 35.8 Å². The van der Waals surface area contributed by atoms with Crippen molar-refractivity contribution in [2.24, 2.45) is 10.9 Å². The quantitative estimate of drug-likeness (QED) is 0.197. The number of benzene rings is 1. The van der Waals surface area contributed by atoms with Gasteiger partial charge in [0, 0.05) is 24.7 Å². The maximum atomic E-state index is 12.8. The first-order valence-electron chi connectivity index (χ1n) is 9.48. The lowest BCUT2D eigenvalue weighted by Gasteiger charge is -2.31. The Labute approximate surface area is 185 Å². The van der Waals surface area contributed by atoms with Crippen LogP contribution >= 0.6 is 24.0 Å². The maximum Gasteiger partial charge on any atom is 0.391 e. The molecule has 29 heavy (non-hydrogen) atoms. The molecule has 0 radical (unpaired) electrons. The number of nitrogens with one attached hydrogen (secondary N) is 3. The van der Waals surface area contributed by atoms with E-state index in [1.54, 1.807) is 0 Å². The molecule has 0 bridgehead atoms. The molecule has 6 nitrogen and oxygen atoms in total. The Morgan fingerprint density at radius 3 is 2.31 bits per heavy atom. The van der Waals surface area contributed by atoms with Crippen LogP contribution in [0.1, 0.15) is 43.0 Å². The maximum absolute atomic E-state index is 12.8. The Morgan fingerprint density at radius 1 is 1.14 bits per heavy atom. The normalized spacial score (nSPS) is 19.8. The summed E-state index contributed by atoms with van der Waals surface area (Å²) in [5.74, 6) is -0.845. The van der Waals surface area contributed by atoms with Gasteiger partial charge in [0.05, 0.1) is 12.5 Å². The van der Waals surface area contributed by atoms with Crippen LogP contribution in [0, 0.1) is 5.92 Å². The number of phenolic OH excluding ortho intramolecular Hbond substituents is 1. The van der Waals surface area contributed by atoms with Gasteiger partial charge in [-0.25, -0.2) is 0 Å². The molecular formula is C19H28F3IN4O2. The zero-order chi connectivity index (χ0) is 20.6. The van der Waals surface area contributed by atoms with Gasteiger partial charge in [-0.15, -0.1) is 24.0 Å². The molecule has 0 atom stereocenters. The summed E-state index contributed by atoms with van der Waals surface area (Å²) in [6.07, 6.45) is -2.95. The van der Waals surface area contributed by atoms with E-state index in [1.807, 2.05) is 6.92 Å². The van der Waals surface area contributed by atoms with E-state index in [9.17, 15) is 23.1 Å². The Balaban J connectivity index is 0.00000420. The predicted molar refractivity (Wildman–Crippen MR) is 117 cm³/mol. The monoisotopic (exact) mass is 528 g/mol. The summed E-state index contributed by atoms with van der Waals surface area (Å²) in [5.41, 5.74) is 0.438. The Kier molecular flexibility index (Phi) is 10.5. The number of aromatic hydroxyl groups is 1. The minimum absolute atomic E-state index is 0. The molecule has 0 aliphatic heterocycles. The van der Waals surface area contributed by atoms with Crippen molar-refractivity contribution in [2.75, 3.05) is 19.6 Å². The fourth-order valence-electron chi connectivity index (χ4n) is 3.13. The molecule has 10 heteroatoms. The van der Waals surface area contributed by atoms with Crippen LogP contribution in [0.25, 0.3) is 0 Å². The highest BCUT2D eigenvalue weighted by Gasteiger charge is 2.41. The number of hydrogen-bond acceptors (Lipinski definition) is 3. The van der Waals surface area contributed by atoms with Crippen molar-refractivity contribution in [2.45, 2.75) is 44.8 Å². The van der Waals surface area contributed by atoms with Crippen molar-refractivity contribution in [1.29, 1.82) is 0 Å². The zero-order valence-electron chi connectivity index (χ0n) is 16.3. The van der Waals surface area contributed by atoms with Gasteiger partial charge in [-0.3, -0.25) is 9.79 Å². The number of phenols is 1. The van der Waals surface area contributed by atoms with E-state index in [4.69, 9.17) is 0 Å². The van der Waals surface area contributed by atoms with Crippen LogP contribution in [0.3, 0.4) is 0 Å². The van der Waals surface area contributed by atoms with Crippen LogP contribution in [-0.2, 0) is 0 Å². The Hall–Kier alpha value is -1.72. The average Bonchev–Trinajstić information content (AvgIpc) is 2.65. The number of aliphatic imine (C=N–C) groups is 1. The molecule has 1 aromatic rings. The van der Waals surface area contributed by atoms with E-state index in [-0.39, 0.29) is 54.5 Å². The number of carbonyl (C=O) groups is 1. The Bertz CT molecular complexity index is 660. The summed E-state index contributed by atoms with van der Waals surface area (Å²) in [7, 11) is 0. The standard InChI is InChI=1S/C19H27F3N4O2.HI/c1-2-23-18(26-15-7-5-14(6-8-15)19(20,21)22)25-12-11-24-17(28)13-3-9-16(27)10-4-13;/h3-4,9-10,14-15,27H,2,5-8,11-12H2,1H3,(H,24,28)(H2,23,25,26);1H. The zero-order valence-corrected chi connectivity index (χ0v) is 18.6. The molecule has 4 N–H and O–H groups in total. The summed E-state index contributed by atoms with van der Waals surface area (Å²) in [5, 5.41) is 18.2. The van der Waals surface area contributed by atoms with Gasteiger partial charge in [0.2, 0.25) is 0 Å². The largest absolute Gasteiger partial charge is 0.508 e. The third-order valence-corrected chi connectivity index (χ3v) is 4.67. The molecule has 1 aliphatic rings. The van der Waals surface area contributed by atoms with E-state index in [1.165, 1.54) is 24.3 Å². The third kappa shape index (κ3) is 8.67. The molecule has 0 unspecified atom stereocenters. The summed E-state index contributed by atoms with van der Waals surface area (Å²) in [6, 6.07) is 5.89. The first-order chi connectivity index (χ1) is 13.3. The summed E-state index contributed by atoms with van der Waals surface area (Å²) in [6.45, 7) is 3.18. The van der Waals surface area contributed by atoms with Gasteiger partial charge in [0.15, 0.2) is 5.96 Å². The number of hydrogen-bond donors (Lipinski definition) is 4. The number of rotatable bonds is 6. The van der Waals surface area contributed by atoms with E-state index < -0.39 is 12.1 Å². The molecule has 0 heterocycles. The molecular weight excluding hydrogens is 500 g/mol. The second-order valence-corrected chi connectivity index (χ2v) is 6.80. The second-order valence-electron chi connectivity index (χ2n) is 6.80. The average molecular weight is 528 g/mol. The second kappa shape index (κ2) is 12.1. The third-order valence-electron chi connectivity index (χ3n) is 4.67. The van der Waals surface area contributed by atoms with Gasteiger partial charge >= 0.3 is 6.18 Å². The van der Waals surface area contributed by atoms with Crippen LogP contribution in [0.15, 0.2) is 29.3 Å². The SMILES string of the molecule is CCNC(=NCCNC(=O)c1ccc(O)cc1)NC1CCC(C(F)(F)F)CC1.I. The fraction of sp³-hybridized carbons (Fsp3) is 0.579. The van der Waals surface area contributed by atoms with Gasteiger partial charge < -0.3 is 21.1 Å².